The molecule has 0 spiro atoms. The van der Waals surface area contributed by atoms with Crippen molar-refractivity contribution in [3.63, 3.8) is 0 Å². The van der Waals surface area contributed by atoms with Crippen LogP contribution in [0.15, 0.2) is 29.2 Å². The Kier molecular flexibility index (Phi) is 3.87. The fourth-order valence-corrected chi connectivity index (χ4v) is 2.68. The Morgan fingerprint density at radius 1 is 1.46 bits per heavy atom. The quantitative estimate of drug-likeness (QED) is 0.430. The van der Waals surface area contributed by atoms with Gasteiger partial charge in [0.1, 0.15) is 0 Å². The molecule has 0 fully saturated rings. The zero-order valence-corrected chi connectivity index (χ0v) is 11.7. The first-order valence-electron chi connectivity index (χ1n) is 3.55. The monoisotopic (exact) mass is 387 g/mol. The van der Waals surface area contributed by atoms with Gasteiger partial charge in [-0.3, -0.25) is 0 Å². The first-order chi connectivity index (χ1) is 6.15. The summed E-state index contributed by atoms with van der Waals surface area (Å²) in [6, 6.07) is 7.35. The van der Waals surface area contributed by atoms with Crippen LogP contribution in [0.4, 0.5) is 0 Å². The summed E-state index contributed by atoms with van der Waals surface area (Å²) < 4.78 is 12.8. The van der Waals surface area contributed by atoms with Crippen LogP contribution in [0.2, 0.25) is 0 Å². The van der Waals surface area contributed by atoms with Gasteiger partial charge in [0, 0.05) is 0 Å². The van der Waals surface area contributed by atoms with Crippen molar-refractivity contribution in [3.05, 3.63) is 29.8 Å². The van der Waals surface area contributed by atoms with Crippen molar-refractivity contribution in [1.82, 2.24) is 2.11 Å². The predicted octanol–water partition coefficient (Wildman–Crippen LogP) is 0.884. The molecule has 0 bridgehead atoms. The van der Waals surface area contributed by atoms with Gasteiger partial charge in [-0.05, 0) is 0 Å². The fourth-order valence-electron chi connectivity index (χ4n) is 0.797. The van der Waals surface area contributed by atoms with Gasteiger partial charge >= 0.3 is 96.5 Å². The number of hydrogen-bond donors (Lipinski definition) is 0. The van der Waals surface area contributed by atoms with Gasteiger partial charge in [0.2, 0.25) is 0 Å². The fraction of sp³-hybridized carbons (Fsp3) is 0.125. The molecule has 0 saturated heterocycles. The Morgan fingerprint density at radius 3 is 2.46 bits per heavy atom. The predicted molar refractivity (Wildman–Crippen MR) is 50.8 cm³/mol. The van der Waals surface area contributed by atoms with Gasteiger partial charge in [0.25, 0.3) is 0 Å². The first kappa shape index (κ1) is 10.7. The zero-order valence-electron chi connectivity index (χ0n) is 7.02. The van der Waals surface area contributed by atoms with Gasteiger partial charge in [0.05, 0.1) is 0 Å². The molecule has 0 aromatic heterocycles. The number of nitrogens with zero attached hydrogens (tertiary/aromatic N) is 2. The van der Waals surface area contributed by atoms with Crippen LogP contribution in [0, 0.1) is 18.4 Å². The summed E-state index contributed by atoms with van der Waals surface area (Å²) in [5.74, 6) is 0. The molecule has 1 aromatic rings. The van der Waals surface area contributed by atoms with E-state index in [0.717, 1.165) is 5.56 Å². The summed E-state index contributed by atoms with van der Waals surface area (Å²) in [5, 5.41) is 8.54. The molecule has 1 aromatic carbocycles. The number of nitriles is 1. The van der Waals surface area contributed by atoms with Crippen LogP contribution in [-0.2, 0) is 11.0 Å². The van der Waals surface area contributed by atoms with E-state index in [1.807, 2.05) is 25.2 Å². The van der Waals surface area contributed by atoms with Crippen LogP contribution in [0.3, 0.4) is 0 Å². The number of benzene rings is 1. The molecule has 65 valence electrons. The van der Waals surface area contributed by atoms with E-state index < -0.39 is 11.0 Å². The van der Waals surface area contributed by atoms with Gasteiger partial charge in [-0.1, -0.05) is 0 Å². The maximum absolute atomic E-state index is 11.5. The topological polar surface area (TPSA) is 44.1 Å². The molecule has 0 aliphatic carbocycles. The van der Waals surface area contributed by atoms with Gasteiger partial charge in [0.15, 0.2) is 0 Å². The second-order valence-corrected chi connectivity index (χ2v) is 6.79. The Bertz CT molecular complexity index is 357. The van der Waals surface area contributed by atoms with E-state index in [-0.39, 0.29) is 0 Å². The first-order valence-corrected chi connectivity index (χ1v) is 6.39. The van der Waals surface area contributed by atoms with Gasteiger partial charge < -0.3 is 0 Å². The molecular formula is C8H7N2OPbS. The summed E-state index contributed by atoms with van der Waals surface area (Å²) in [4.78, 5) is 0.683. The summed E-state index contributed by atoms with van der Waals surface area (Å²) in [6.07, 6.45) is 1.87. The Balaban J connectivity index is 2.91. The summed E-state index contributed by atoms with van der Waals surface area (Å²) in [5.41, 5.74) is 1.12. The molecule has 0 heterocycles. The van der Waals surface area contributed by atoms with Crippen LogP contribution in [0.1, 0.15) is 5.56 Å². The molecule has 1 rings (SSSR count). The Hall–Kier alpha value is -0.418. The third kappa shape index (κ3) is 2.77. The summed E-state index contributed by atoms with van der Waals surface area (Å²) >= 11 is 0.479. The van der Waals surface area contributed by atoms with E-state index in [2.05, 4.69) is 0 Å². The second-order valence-electron chi connectivity index (χ2n) is 2.46. The molecular weight excluding hydrogens is 379 g/mol. The van der Waals surface area contributed by atoms with Crippen molar-refractivity contribution in [2.45, 2.75) is 11.8 Å². The van der Waals surface area contributed by atoms with Crippen molar-refractivity contribution >= 4 is 37.1 Å². The zero-order chi connectivity index (χ0) is 9.84. The minimum absolute atomic E-state index is 0.479. The third-order valence-corrected chi connectivity index (χ3v) is 4.89. The van der Waals surface area contributed by atoms with Gasteiger partial charge in [-0.25, -0.2) is 0 Å². The van der Waals surface area contributed by atoms with Crippen molar-refractivity contribution in [3.8, 4) is 6.19 Å². The van der Waals surface area contributed by atoms with Crippen LogP contribution in [0.25, 0.3) is 0 Å². The second kappa shape index (κ2) is 4.72. The normalized spacial score (nSPS) is 11.8. The molecule has 0 aliphatic rings. The number of aryl methyl sites for hydroxylation is 1. The van der Waals surface area contributed by atoms with E-state index in [9.17, 15) is 4.21 Å². The molecule has 1 unspecified atom stereocenters. The molecule has 0 aliphatic heterocycles. The van der Waals surface area contributed by atoms with E-state index in [1.165, 1.54) is 2.11 Å². The third-order valence-electron chi connectivity index (χ3n) is 1.48. The molecule has 5 heteroatoms. The van der Waals surface area contributed by atoms with Crippen LogP contribution in [-0.4, -0.2) is 32.4 Å². The van der Waals surface area contributed by atoms with Crippen LogP contribution >= 0.6 is 0 Å². The standard InChI is InChI=1S/C8H7N2OS.Pb/c1-7-2-4-8(5-3-7)12(11)10-6-9;/h2-5H,1H3;/q-1;+1. The van der Waals surface area contributed by atoms with E-state index in [0.29, 0.717) is 31.0 Å². The Morgan fingerprint density at radius 2 is 2.00 bits per heavy atom. The molecule has 13 heavy (non-hydrogen) atoms. The molecule has 0 amide bonds. The summed E-state index contributed by atoms with van der Waals surface area (Å²) in [6.45, 7) is 1.97. The average molecular weight is 386 g/mol. The van der Waals surface area contributed by atoms with Crippen molar-refractivity contribution in [1.29, 1.82) is 5.26 Å². The minimum atomic E-state index is -1.30. The molecule has 0 saturated carbocycles. The van der Waals surface area contributed by atoms with Crippen molar-refractivity contribution in [2.24, 2.45) is 0 Å². The van der Waals surface area contributed by atoms with Gasteiger partial charge in [-0.2, -0.15) is 0 Å². The van der Waals surface area contributed by atoms with E-state index in [4.69, 9.17) is 5.26 Å². The SMILES string of the molecule is Cc1ccc(S(=O)[N]([Pb])C#N)cc1. The van der Waals surface area contributed by atoms with Gasteiger partial charge in [-0.15, -0.1) is 0 Å². The Labute approximate surface area is 96.1 Å². The van der Waals surface area contributed by atoms with Crippen molar-refractivity contribution in [2.75, 3.05) is 0 Å². The average Bonchev–Trinajstić information content (AvgIpc) is 2.17. The van der Waals surface area contributed by atoms with Crippen molar-refractivity contribution < 1.29 is 4.21 Å². The molecule has 0 N–H and O–H groups in total. The summed E-state index contributed by atoms with van der Waals surface area (Å²) in [7, 11) is -1.30. The maximum atomic E-state index is 11.5. The van der Waals surface area contributed by atoms with E-state index in [1.54, 1.807) is 12.1 Å². The molecule has 3 radical (unpaired) electrons. The number of rotatable bonds is 2. The van der Waals surface area contributed by atoms with Crippen LogP contribution < -0.4 is 0 Å². The molecule has 1 atom stereocenters. The van der Waals surface area contributed by atoms with E-state index >= 15 is 0 Å². The molecule has 3 nitrogen and oxygen atoms in total. The van der Waals surface area contributed by atoms with Crippen LogP contribution in [0.5, 0.6) is 0 Å². The number of hydrogen-bond acceptors (Lipinski definition) is 2.